The van der Waals surface area contributed by atoms with E-state index in [-0.39, 0.29) is 41.6 Å². The molecule has 2 atom stereocenters. The Morgan fingerprint density at radius 3 is 2.68 bits per heavy atom. The zero-order chi connectivity index (χ0) is 28.8. The number of nitrogens with zero attached hydrogens (tertiary/aromatic N) is 3. The van der Waals surface area contributed by atoms with E-state index in [0.29, 0.717) is 30.4 Å². The molecule has 2 aliphatic carbocycles. The predicted octanol–water partition coefficient (Wildman–Crippen LogP) is 2.45. The molecule has 6 rings (SSSR count). The molecule has 0 unspecified atom stereocenters. The average Bonchev–Trinajstić information content (AvgIpc) is 3.48. The van der Waals surface area contributed by atoms with E-state index in [0.717, 1.165) is 33.0 Å². The number of fused-ring (bicyclic) bond motifs is 3. The number of halogens is 1. The van der Waals surface area contributed by atoms with Gasteiger partial charge in [-0.1, -0.05) is 30.3 Å². The lowest BCUT2D eigenvalue weighted by Gasteiger charge is -2.18. The third-order valence-corrected chi connectivity index (χ3v) is 7.66. The molecule has 2 heterocycles. The highest BCUT2D eigenvalue weighted by molar-refractivity contribution is 5.98. The molecular weight excluding hydrogens is 529 g/mol. The molecule has 2 aliphatic rings. The molecule has 3 N–H and O–H groups in total. The summed E-state index contributed by atoms with van der Waals surface area (Å²) < 4.78 is 15.5. The van der Waals surface area contributed by atoms with E-state index in [2.05, 4.69) is 20.7 Å². The Bertz CT molecular complexity index is 1760. The monoisotopic (exact) mass is 555 g/mol. The number of nitrogens with one attached hydrogen (secondary N) is 2. The summed E-state index contributed by atoms with van der Waals surface area (Å²) in [5.74, 6) is -2.06. The van der Waals surface area contributed by atoms with E-state index in [1.165, 1.54) is 13.0 Å². The maximum absolute atomic E-state index is 14.5. The van der Waals surface area contributed by atoms with E-state index in [1.54, 1.807) is 18.2 Å². The number of Topliss-reactive ketones (excluding diaryl/α,β-unsaturated/α-hetero) is 2. The van der Waals surface area contributed by atoms with Crippen LogP contribution in [-0.2, 0) is 30.6 Å². The summed E-state index contributed by atoms with van der Waals surface area (Å²) in [4.78, 5) is 54.2. The van der Waals surface area contributed by atoms with Crippen LogP contribution in [-0.4, -0.2) is 49.2 Å². The molecule has 2 aromatic heterocycles. The molecule has 0 fully saturated rings. The third kappa shape index (κ3) is 5.00. The van der Waals surface area contributed by atoms with Crippen LogP contribution in [0.15, 0.2) is 48.7 Å². The van der Waals surface area contributed by atoms with Crippen LogP contribution in [0.25, 0.3) is 5.65 Å². The smallest absolute Gasteiger partial charge is 0.270 e. The van der Waals surface area contributed by atoms with E-state index in [9.17, 15) is 28.7 Å². The van der Waals surface area contributed by atoms with Crippen LogP contribution in [0.5, 0.6) is 0 Å². The quantitative estimate of drug-likeness (QED) is 0.310. The number of aryl methyl sites for hydroxylation is 1. The molecule has 0 spiro atoms. The summed E-state index contributed by atoms with van der Waals surface area (Å²) in [6, 6.07) is 11.2. The Balaban J connectivity index is 1.24. The Morgan fingerprint density at radius 1 is 1.05 bits per heavy atom. The fourth-order valence-corrected chi connectivity index (χ4v) is 5.50. The molecular formula is C30H26FN5O5. The topological polar surface area (TPSA) is 143 Å². The van der Waals surface area contributed by atoms with Crippen LogP contribution in [0, 0.1) is 5.82 Å². The molecule has 2 amide bonds. The Morgan fingerprint density at radius 2 is 1.88 bits per heavy atom. The van der Waals surface area contributed by atoms with Gasteiger partial charge in [-0.25, -0.2) is 13.9 Å². The summed E-state index contributed by atoms with van der Waals surface area (Å²) in [5.41, 5.74) is 4.15. The van der Waals surface area contributed by atoms with Crippen molar-refractivity contribution in [2.75, 3.05) is 0 Å². The van der Waals surface area contributed by atoms with Crippen molar-refractivity contribution < 1.29 is 28.7 Å². The second-order valence-corrected chi connectivity index (χ2v) is 10.4. The first kappa shape index (κ1) is 26.5. The molecule has 0 radical (unpaired) electrons. The van der Waals surface area contributed by atoms with E-state index >= 15 is 0 Å². The number of aromatic nitrogens is 3. The van der Waals surface area contributed by atoms with Crippen molar-refractivity contribution >= 4 is 29.0 Å². The molecule has 41 heavy (non-hydrogen) atoms. The first-order valence-corrected chi connectivity index (χ1v) is 13.3. The van der Waals surface area contributed by atoms with Gasteiger partial charge in [-0.3, -0.25) is 19.2 Å². The van der Waals surface area contributed by atoms with E-state index in [1.807, 2.05) is 18.2 Å². The molecule has 0 bridgehead atoms. The first-order chi connectivity index (χ1) is 19.7. The summed E-state index contributed by atoms with van der Waals surface area (Å²) >= 11 is 0. The number of amides is 2. The number of ketones is 2. The lowest BCUT2D eigenvalue weighted by molar-refractivity contribution is -0.118. The highest BCUT2D eigenvalue weighted by Crippen LogP contribution is 2.32. The van der Waals surface area contributed by atoms with Gasteiger partial charge in [-0.15, -0.1) is 0 Å². The van der Waals surface area contributed by atoms with Gasteiger partial charge in [0.05, 0.1) is 18.3 Å². The van der Waals surface area contributed by atoms with E-state index < -0.39 is 29.8 Å². The van der Waals surface area contributed by atoms with Gasteiger partial charge in [0.1, 0.15) is 17.2 Å². The van der Waals surface area contributed by atoms with Gasteiger partial charge in [0.15, 0.2) is 17.2 Å². The second kappa shape index (κ2) is 10.3. The average molecular weight is 556 g/mol. The fraction of sp³-hybridized carbons (Fsp3) is 0.267. The zero-order valence-corrected chi connectivity index (χ0v) is 22.1. The number of rotatable bonds is 6. The van der Waals surface area contributed by atoms with Gasteiger partial charge in [-0.2, -0.15) is 5.10 Å². The molecule has 2 aromatic carbocycles. The van der Waals surface area contributed by atoms with Crippen molar-refractivity contribution in [2.24, 2.45) is 0 Å². The zero-order valence-electron chi connectivity index (χ0n) is 22.1. The van der Waals surface area contributed by atoms with Crippen molar-refractivity contribution in [1.82, 2.24) is 25.2 Å². The number of carbonyl (C=O) groups excluding carboxylic acids is 4. The van der Waals surface area contributed by atoms with Crippen molar-refractivity contribution in [3.63, 3.8) is 0 Å². The van der Waals surface area contributed by atoms with Gasteiger partial charge in [0, 0.05) is 37.4 Å². The minimum Gasteiger partial charge on any atom is -0.390 e. The molecule has 0 aliphatic heterocycles. The van der Waals surface area contributed by atoms with Crippen molar-refractivity contribution in [1.29, 1.82) is 0 Å². The van der Waals surface area contributed by atoms with Gasteiger partial charge < -0.3 is 15.7 Å². The Labute approximate surface area is 233 Å². The van der Waals surface area contributed by atoms with Crippen molar-refractivity contribution in [2.45, 2.75) is 51.3 Å². The third-order valence-electron chi connectivity index (χ3n) is 7.66. The number of aliphatic hydroxyl groups is 1. The lowest BCUT2D eigenvalue weighted by Crippen LogP contribution is -2.35. The van der Waals surface area contributed by atoms with Crippen LogP contribution >= 0.6 is 0 Å². The summed E-state index contributed by atoms with van der Waals surface area (Å²) in [6.45, 7) is 1.59. The maximum Gasteiger partial charge on any atom is 0.270 e. The lowest BCUT2D eigenvalue weighted by atomic mass is 9.89. The molecule has 10 nitrogen and oxygen atoms in total. The largest absolute Gasteiger partial charge is 0.390 e. The normalized spacial score (nSPS) is 17.7. The van der Waals surface area contributed by atoms with Crippen molar-refractivity contribution in [3.8, 4) is 0 Å². The second-order valence-electron chi connectivity index (χ2n) is 10.4. The van der Waals surface area contributed by atoms with Crippen LogP contribution < -0.4 is 10.6 Å². The van der Waals surface area contributed by atoms with Gasteiger partial charge in [0.25, 0.3) is 11.8 Å². The molecule has 0 saturated carbocycles. The van der Waals surface area contributed by atoms with Crippen LogP contribution in [0.4, 0.5) is 4.39 Å². The number of carbonyl (C=O) groups is 4. The Kier molecular flexibility index (Phi) is 6.66. The highest BCUT2D eigenvalue weighted by atomic mass is 19.1. The number of hydrogen-bond donors (Lipinski definition) is 3. The number of hydrogen-bond acceptors (Lipinski definition) is 7. The molecule has 0 saturated heterocycles. The molecule has 208 valence electrons. The highest BCUT2D eigenvalue weighted by Gasteiger charge is 2.34. The minimum absolute atomic E-state index is 0.109. The standard InChI is InChI=1S/C30H26FN5O5/c1-15(37)18-5-7-22-20(9-18)11-26(39)27(22)35-30(41)25-12-24(34-28-23(31)14-33-36(25)28)29(40)32-13-16-2-3-17-4-6-21(38)10-19(17)8-16/h2-3,5,7-9,12,14,26-27,39H,4,6,10-11,13H2,1H3,(H,32,40)(H,35,41)/t26-,27-/m1/s1. The summed E-state index contributed by atoms with van der Waals surface area (Å²) in [7, 11) is 0. The number of benzene rings is 2. The SMILES string of the molecule is CC(=O)c1ccc2c(c1)C[C@@H](O)[C@@H]2NC(=O)c1cc(C(=O)NCc2ccc3c(c2)CC(=O)CC3)nc2c(F)cnn12. The maximum atomic E-state index is 14.5. The van der Waals surface area contributed by atoms with Gasteiger partial charge in [-0.05, 0) is 47.2 Å². The van der Waals surface area contributed by atoms with Gasteiger partial charge in [0.2, 0.25) is 0 Å². The molecule has 4 aromatic rings. The fourth-order valence-electron chi connectivity index (χ4n) is 5.50. The van der Waals surface area contributed by atoms with Crippen LogP contribution in [0.1, 0.15) is 78.5 Å². The van der Waals surface area contributed by atoms with Crippen LogP contribution in [0.3, 0.4) is 0 Å². The summed E-state index contributed by atoms with van der Waals surface area (Å²) in [6.07, 6.45) is 1.80. The van der Waals surface area contributed by atoms with E-state index in [4.69, 9.17) is 0 Å². The molecule has 11 heteroatoms. The van der Waals surface area contributed by atoms with Crippen molar-refractivity contribution in [3.05, 3.63) is 99.2 Å². The Hall–Kier alpha value is -4.77. The predicted molar refractivity (Wildman–Crippen MR) is 144 cm³/mol. The minimum atomic E-state index is -0.947. The van der Waals surface area contributed by atoms with Crippen LogP contribution in [0.2, 0.25) is 0 Å². The van der Waals surface area contributed by atoms with Gasteiger partial charge >= 0.3 is 0 Å². The number of aliphatic hydroxyl groups excluding tert-OH is 1. The first-order valence-electron chi connectivity index (χ1n) is 13.3. The summed E-state index contributed by atoms with van der Waals surface area (Å²) in [5, 5.41) is 20.1.